The molecule has 0 radical (unpaired) electrons. The van der Waals surface area contributed by atoms with Crippen molar-refractivity contribution in [2.75, 3.05) is 11.1 Å². The molecule has 0 bridgehead atoms. The van der Waals surface area contributed by atoms with E-state index in [-0.39, 0.29) is 5.78 Å². The summed E-state index contributed by atoms with van der Waals surface area (Å²) in [5, 5.41) is 1.82. The van der Waals surface area contributed by atoms with Crippen molar-refractivity contribution in [1.82, 2.24) is 0 Å². The number of alkyl halides is 1. The molecule has 0 amide bonds. The molecule has 1 saturated heterocycles. The molecular formula is C9H10BrClOS2. The van der Waals surface area contributed by atoms with E-state index in [0.717, 1.165) is 15.3 Å². The van der Waals surface area contributed by atoms with Gasteiger partial charge in [-0.05, 0) is 6.92 Å². The number of ketones is 1. The van der Waals surface area contributed by atoms with Crippen LogP contribution in [0.15, 0.2) is 21.4 Å². The summed E-state index contributed by atoms with van der Waals surface area (Å²) in [6.07, 6.45) is 0. The summed E-state index contributed by atoms with van der Waals surface area (Å²) in [5.74, 6) is 1.02. The van der Waals surface area contributed by atoms with Crippen molar-refractivity contribution < 1.29 is 4.79 Å². The monoisotopic (exact) mass is 312 g/mol. The highest BCUT2D eigenvalue weighted by Gasteiger charge is 2.25. The molecule has 0 saturated carbocycles. The highest BCUT2D eigenvalue weighted by molar-refractivity contribution is 9.09. The Bertz CT molecular complexity index is 285. The van der Waals surface area contributed by atoms with Gasteiger partial charge in [0.25, 0.3) is 0 Å². The van der Waals surface area contributed by atoms with Gasteiger partial charge < -0.3 is 0 Å². The molecule has 1 unspecified atom stereocenters. The minimum absolute atomic E-state index is 0.00442. The van der Waals surface area contributed by atoms with Gasteiger partial charge in [0, 0.05) is 21.4 Å². The van der Waals surface area contributed by atoms with Gasteiger partial charge in [0.05, 0.1) is 9.81 Å². The van der Waals surface area contributed by atoms with Crippen molar-refractivity contribution >= 4 is 56.8 Å². The zero-order valence-corrected chi connectivity index (χ0v) is 11.7. The third kappa shape index (κ3) is 3.05. The molecule has 1 heterocycles. The highest BCUT2D eigenvalue weighted by atomic mass is 79.9. The zero-order chi connectivity index (χ0) is 10.7. The number of carbonyl (C=O) groups excluding carboxylic acids is 1. The molecule has 1 aliphatic rings. The Labute approximate surface area is 106 Å². The molecule has 14 heavy (non-hydrogen) atoms. The molecule has 0 N–H and O–H groups in total. The van der Waals surface area contributed by atoms with Gasteiger partial charge in [-0.25, -0.2) is 0 Å². The van der Waals surface area contributed by atoms with E-state index in [1.807, 2.05) is 0 Å². The predicted octanol–water partition coefficient (Wildman–Crippen LogP) is 3.78. The van der Waals surface area contributed by atoms with E-state index in [9.17, 15) is 4.79 Å². The summed E-state index contributed by atoms with van der Waals surface area (Å²) < 4.78 is 1.02. The summed E-state index contributed by atoms with van der Waals surface area (Å²) in [6, 6.07) is 0. The van der Waals surface area contributed by atoms with Crippen molar-refractivity contribution in [3.63, 3.8) is 0 Å². The van der Waals surface area contributed by atoms with E-state index in [0.29, 0.717) is 15.9 Å². The van der Waals surface area contributed by atoms with E-state index < -0.39 is 0 Å². The Hall–Kier alpha value is 0.620. The lowest BCUT2D eigenvalue weighted by Gasteiger charge is -2.05. The van der Waals surface area contributed by atoms with Crippen molar-refractivity contribution in [3.05, 3.63) is 21.4 Å². The first-order valence-corrected chi connectivity index (χ1v) is 7.38. The molecule has 1 aliphatic heterocycles. The maximum atomic E-state index is 11.3. The van der Waals surface area contributed by atoms with E-state index in [1.165, 1.54) is 6.92 Å². The molecule has 0 aromatic rings. The Morgan fingerprint density at radius 3 is 2.79 bits per heavy atom. The van der Waals surface area contributed by atoms with Crippen LogP contribution in [0.4, 0.5) is 0 Å². The van der Waals surface area contributed by atoms with Crippen LogP contribution >= 0.6 is 51.1 Å². The Balaban J connectivity index is 2.91. The fourth-order valence-corrected chi connectivity index (χ4v) is 5.29. The van der Waals surface area contributed by atoms with Crippen molar-refractivity contribution in [2.45, 2.75) is 12.2 Å². The van der Waals surface area contributed by atoms with Crippen LogP contribution in [0.5, 0.6) is 0 Å². The van der Waals surface area contributed by atoms with E-state index >= 15 is 0 Å². The second-order valence-corrected chi connectivity index (χ2v) is 6.53. The third-order valence-electron chi connectivity index (χ3n) is 1.67. The normalized spacial score (nSPS) is 24.9. The van der Waals surface area contributed by atoms with Crippen LogP contribution in [-0.4, -0.2) is 22.1 Å². The molecule has 5 heteroatoms. The number of halogens is 2. The first kappa shape index (κ1) is 12.7. The minimum Gasteiger partial charge on any atom is -0.294 e. The van der Waals surface area contributed by atoms with Crippen LogP contribution in [0.25, 0.3) is 0 Å². The highest BCUT2D eigenvalue weighted by Crippen LogP contribution is 2.45. The molecular weight excluding hydrogens is 304 g/mol. The van der Waals surface area contributed by atoms with Gasteiger partial charge >= 0.3 is 0 Å². The molecule has 1 nitrogen and oxygen atoms in total. The summed E-state index contributed by atoms with van der Waals surface area (Å²) in [7, 11) is 0. The van der Waals surface area contributed by atoms with Crippen LogP contribution < -0.4 is 0 Å². The number of allylic oxidation sites excluding steroid dienone is 2. The summed E-state index contributed by atoms with van der Waals surface area (Å²) >= 11 is 12.6. The lowest BCUT2D eigenvalue weighted by Crippen LogP contribution is -2.01. The van der Waals surface area contributed by atoms with Crippen LogP contribution in [0.3, 0.4) is 0 Å². The average molecular weight is 314 g/mol. The van der Waals surface area contributed by atoms with Gasteiger partial charge in [-0.2, -0.15) is 0 Å². The van der Waals surface area contributed by atoms with Crippen LogP contribution in [-0.2, 0) is 4.79 Å². The lowest BCUT2D eigenvalue weighted by atomic mass is 10.2. The second kappa shape index (κ2) is 5.64. The molecule has 0 aliphatic carbocycles. The first-order valence-electron chi connectivity index (χ1n) is 4.01. The van der Waals surface area contributed by atoms with Gasteiger partial charge in [0.2, 0.25) is 0 Å². The topological polar surface area (TPSA) is 17.1 Å². The molecule has 1 fully saturated rings. The molecule has 0 aromatic carbocycles. The molecule has 1 atom stereocenters. The van der Waals surface area contributed by atoms with Gasteiger partial charge in [0.1, 0.15) is 0 Å². The number of thioether (sulfide) groups is 2. The molecule has 78 valence electrons. The SMILES string of the molecule is C=C(Cl)/C(C(C)=O)=C1\SCC(CBr)S1. The largest absolute Gasteiger partial charge is 0.294 e. The van der Waals surface area contributed by atoms with Crippen LogP contribution in [0.2, 0.25) is 0 Å². The fourth-order valence-electron chi connectivity index (χ4n) is 1.04. The minimum atomic E-state index is -0.00442. The smallest absolute Gasteiger partial charge is 0.162 e. The van der Waals surface area contributed by atoms with Crippen LogP contribution in [0, 0.1) is 0 Å². The first-order chi connectivity index (χ1) is 6.56. The van der Waals surface area contributed by atoms with Crippen molar-refractivity contribution in [2.24, 2.45) is 0 Å². The standard InChI is InChI=1S/C9H10BrClOS2/c1-5(11)8(6(2)12)9-13-4-7(3-10)14-9/h7H,1,3-4H2,2H3/b9-8-. The summed E-state index contributed by atoms with van der Waals surface area (Å²) in [5.41, 5.74) is 0.588. The Morgan fingerprint density at radius 1 is 1.79 bits per heavy atom. The summed E-state index contributed by atoms with van der Waals surface area (Å²) in [6.45, 7) is 5.15. The second-order valence-electron chi connectivity index (χ2n) is 2.83. The number of hydrogen-bond acceptors (Lipinski definition) is 3. The number of carbonyl (C=O) groups is 1. The molecule has 0 aromatic heterocycles. The Morgan fingerprint density at radius 2 is 2.43 bits per heavy atom. The zero-order valence-electron chi connectivity index (χ0n) is 7.68. The average Bonchev–Trinajstić information content (AvgIpc) is 2.51. The van der Waals surface area contributed by atoms with Gasteiger partial charge in [-0.1, -0.05) is 34.1 Å². The Kier molecular flexibility index (Phi) is 5.11. The predicted molar refractivity (Wildman–Crippen MR) is 70.3 cm³/mol. The number of rotatable bonds is 3. The van der Waals surface area contributed by atoms with Crippen molar-refractivity contribution in [3.8, 4) is 0 Å². The van der Waals surface area contributed by atoms with E-state index in [2.05, 4.69) is 22.5 Å². The van der Waals surface area contributed by atoms with Gasteiger partial charge in [-0.15, -0.1) is 23.5 Å². The maximum absolute atomic E-state index is 11.3. The fraction of sp³-hybridized carbons (Fsp3) is 0.444. The van der Waals surface area contributed by atoms with E-state index in [1.54, 1.807) is 23.5 Å². The summed E-state index contributed by atoms with van der Waals surface area (Å²) in [4.78, 5) is 11.3. The number of Topliss-reactive ketones (excluding diaryl/α,β-unsaturated/α-hetero) is 1. The van der Waals surface area contributed by atoms with Gasteiger partial charge in [-0.3, -0.25) is 4.79 Å². The van der Waals surface area contributed by atoms with Crippen molar-refractivity contribution in [1.29, 1.82) is 0 Å². The molecule has 0 spiro atoms. The maximum Gasteiger partial charge on any atom is 0.162 e. The quantitative estimate of drug-likeness (QED) is 0.583. The third-order valence-corrected chi connectivity index (χ3v) is 6.05. The van der Waals surface area contributed by atoms with E-state index in [4.69, 9.17) is 11.6 Å². The molecule has 1 rings (SSSR count). The van der Waals surface area contributed by atoms with Crippen LogP contribution in [0.1, 0.15) is 6.92 Å². The number of hydrogen-bond donors (Lipinski definition) is 0. The lowest BCUT2D eigenvalue weighted by molar-refractivity contribution is -0.113. The van der Waals surface area contributed by atoms with Gasteiger partial charge in [0.15, 0.2) is 5.78 Å².